The van der Waals surface area contributed by atoms with Crippen LogP contribution in [0.3, 0.4) is 0 Å². The Labute approximate surface area is 427 Å². The van der Waals surface area contributed by atoms with Gasteiger partial charge in [-0.2, -0.15) is 0 Å². The first-order valence-electron chi connectivity index (χ1n) is 24.9. The lowest BCUT2D eigenvalue weighted by Gasteiger charge is -2.10. The highest BCUT2D eigenvalue weighted by Crippen LogP contribution is 2.43. The van der Waals surface area contributed by atoms with Crippen molar-refractivity contribution in [2.45, 2.75) is 0 Å². The fourth-order valence-corrected chi connectivity index (χ4v) is 11.6. The highest BCUT2D eigenvalue weighted by molar-refractivity contribution is 6.21. The molecule has 0 atom stereocenters. The molecule has 13 nitrogen and oxygen atoms in total. The molecule has 0 bridgehead atoms. The minimum absolute atomic E-state index is 0.720. The van der Waals surface area contributed by atoms with Crippen LogP contribution in [0.25, 0.3) is 155 Å². The Kier molecular flexibility index (Phi) is 8.24. The zero-order valence-corrected chi connectivity index (χ0v) is 39.9. The molecular weight excluding hydrogens is 947 g/mol. The largest absolute Gasteiger partial charge is 0.439 e. The average Bonchev–Trinajstić information content (AvgIpc) is 4.55. The van der Waals surface area contributed by atoms with Gasteiger partial charge in [0.1, 0.15) is 56.0 Å². The van der Waals surface area contributed by atoms with Crippen molar-refractivity contribution < 1.29 is 17.7 Å². The molecule has 0 N–H and O–H groups in total. The summed E-state index contributed by atoms with van der Waals surface area (Å²) in [5, 5.41) is 8.21. The van der Waals surface area contributed by atoms with Crippen molar-refractivity contribution >= 4 is 132 Å². The van der Waals surface area contributed by atoms with Gasteiger partial charge in [0.05, 0.1) is 55.0 Å². The second-order valence-corrected chi connectivity index (χ2v) is 18.8. The van der Waals surface area contributed by atoms with E-state index < -0.39 is 0 Å². The molecule has 0 amide bonds. The van der Waals surface area contributed by atoms with Crippen molar-refractivity contribution in [3.8, 4) is 23.0 Å². The molecule has 13 heteroatoms. The number of aromatic nitrogens is 9. The van der Waals surface area contributed by atoms with Crippen LogP contribution in [0, 0.1) is 0 Å². The quantitative estimate of drug-likeness (QED) is 0.169. The number of benzene rings is 5. The first-order chi connectivity index (χ1) is 37.7. The van der Waals surface area contributed by atoms with Crippen LogP contribution in [-0.4, -0.2) is 43.2 Å². The summed E-state index contributed by atoms with van der Waals surface area (Å²) in [5.74, 6) is 1.45. The van der Waals surface area contributed by atoms with E-state index in [9.17, 15) is 0 Å². The maximum absolute atomic E-state index is 6.42. The van der Waals surface area contributed by atoms with Crippen LogP contribution in [0.2, 0.25) is 0 Å². The van der Waals surface area contributed by atoms with E-state index in [4.69, 9.17) is 42.6 Å². The van der Waals surface area contributed by atoms with Crippen LogP contribution in [0.4, 0.5) is 0 Å². The van der Waals surface area contributed by atoms with Crippen LogP contribution in [0.15, 0.2) is 231 Å². The van der Waals surface area contributed by atoms with Crippen LogP contribution >= 0.6 is 0 Å². The smallest absolute Gasteiger partial charge is 0.216 e. The lowest BCUT2D eigenvalue weighted by molar-refractivity contribution is 0.640. The molecule has 0 saturated heterocycles. The van der Waals surface area contributed by atoms with Crippen LogP contribution in [-0.2, 0) is 0 Å². The summed E-state index contributed by atoms with van der Waals surface area (Å²) < 4.78 is 34.0. The summed E-state index contributed by atoms with van der Waals surface area (Å²) in [7, 11) is 0. The van der Waals surface area contributed by atoms with Crippen molar-refractivity contribution in [1.29, 1.82) is 0 Å². The highest BCUT2D eigenvalue weighted by atomic mass is 16.4. The number of hydrogen-bond acceptors (Lipinski definition) is 9. The zero-order valence-electron chi connectivity index (χ0n) is 39.9. The summed E-state index contributed by atoms with van der Waals surface area (Å²) in [5.41, 5.74) is 15.8. The summed E-state index contributed by atoms with van der Waals surface area (Å²) >= 11 is 0. The molecule has 13 aromatic heterocycles. The van der Waals surface area contributed by atoms with E-state index in [2.05, 4.69) is 69.8 Å². The van der Waals surface area contributed by atoms with Gasteiger partial charge < -0.3 is 17.7 Å². The van der Waals surface area contributed by atoms with E-state index in [1.807, 2.05) is 161 Å². The molecule has 356 valence electrons. The number of rotatable bonds is 4. The van der Waals surface area contributed by atoms with Gasteiger partial charge in [0.2, 0.25) is 22.9 Å². The summed E-state index contributed by atoms with van der Waals surface area (Å²) in [6.45, 7) is 0. The van der Waals surface area contributed by atoms with E-state index in [0.717, 1.165) is 155 Å². The van der Waals surface area contributed by atoms with Crippen LogP contribution < -0.4 is 0 Å². The van der Waals surface area contributed by atoms with Gasteiger partial charge in [0, 0.05) is 46.3 Å². The predicted octanol–water partition coefficient (Wildman–Crippen LogP) is 15.7. The third-order valence-corrected chi connectivity index (χ3v) is 14.7. The molecule has 0 aliphatic rings. The molecule has 0 spiro atoms. The number of nitrogens with zero attached hydrogens (tertiary/aromatic N) is 9. The molecule has 0 aliphatic carbocycles. The molecule has 0 saturated carbocycles. The second kappa shape index (κ2) is 15.4. The molecule has 18 rings (SSSR count). The molecule has 5 aromatic carbocycles. The maximum Gasteiger partial charge on any atom is 0.216 e. The van der Waals surface area contributed by atoms with Gasteiger partial charge in [-0.15, -0.1) is 0 Å². The van der Waals surface area contributed by atoms with Crippen molar-refractivity contribution in [1.82, 2.24) is 43.2 Å². The third kappa shape index (κ3) is 5.59. The number of hydrogen-bond donors (Lipinski definition) is 0. The molecular formula is C63H35N9O4. The van der Waals surface area contributed by atoms with Gasteiger partial charge in [-0.05, 0) is 103 Å². The van der Waals surface area contributed by atoms with Gasteiger partial charge in [-0.25, -0.2) is 4.98 Å². The van der Waals surface area contributed by atoms with E-state index >= 15 is 0 Å². The molecule has 13 heterocycles. The van der Waals surface area contributed by atoms with E-state index in [0.29, 0.717) is 0 Å². The fraction of sp³-hybridized carbons (Fsp3) is 0. The maximum atomic E-state index is 6.42. The Bertz CT molecular complexity index is 4740. The first kappa shape index (κ1) is 40.8. The lowest BCUT2D eigenvalue weighted by atomic mass is 10.2. The van der Waals surface area contributed by atoms with Crippen LogP contribution in [0.1, 0.15) is 0 Å². The normalized spacial score (nSPS) is 12.2. The standard InChI is InChI=1S/C32H18N4O2.C31H17N5O2/c1-3-14-25-21(10-1)27-29-23(12-6-16-33-29)35(31(27)37-25)19-8-5-9-20(18-19)36-24-13-7-17-34-30(24)28-22-11-2-4-15-26(22)38-32(28)36;1-3-12-22-18(8-1)26-28-20(10-6-16-32-28)35(30(26)37-22)24-14-5-15-25(34-24)36-21-11-7-17-33-29(21)27-19-9-2-4-13-23(19)38-31(27)36/h1-18H;1-17H. The monoisotopic (exact) mass is 981 g/mol. The summed E-state index contributed by atoms with van der Waals surface area (Å²) in [6.07, 6.45) is 7.30. The average molecular weight is 982 g/mol. The number of furan rings is 4. The number of para-hydroxylation sites is 4. The Morgan fingerprint density at radius 1 is 0.276 bits per heavy atom. The van der Waals surface area contributed by atoms with E-state index in [-0.39, 0.29) is 0 Å². The van der Waals surface area contributed by atoms with Gasteiger partial charge in [-0.1, -0.05) is 84.9 Å². The Morgan fingerprint density at radius 2 is 0.579 bits per heavy atom. The molecule has 76 heavy (non-hydrogen) atoms. The van der Waals surface area contributed by atoms with Crippen molar-refractivity contribution in [3.63, 3.8) is 0 Å². The zero-order chi connectivity index (χ0) is 49.6. The van der Waals surface area contributed by atoms with Gasteiger partial charge in [0.15, 0.2) is 0 Å². The SMILES string of the molecule is c1cc(-n2c3cccnc3c3c4ccccc4oc32)cc(-n2c3cccnc3c3c4ccccc4oc32)c1.c1cc(-n2c3cccnc3c3c4ccccc4oc32)nc(-n2c3cccnc3c3c4ccccc4oc32)c1. The minimum atomic E-state index is 0.720. The minimum Gasteiger partial charge on any atom is -0.439 e. The number of fused-ring (bicyclic) bond motifs is 20. The fourth-order valence-electron chi connectivity index (χ4n) is 11.6. The molecule has 0 fully saturated rings. The topological polar surface area (TPSA) is 137 Å². The van der Waals surface area contributed by atoms with Gasteiger partial charge in [-0.3, -0.25) is 38.2 Å². The third-order valence-electron chi connectivity index (χ3n) is 14.7. The van der Waals surface area contributed by atoms with E-state index in [1.165, 1.54) is 0 Å². The van der Waals surface area contributed by atoms with Crippen molar-refractivity contribution in [3.05, 3.63) is 213 Å². The Morgan fingerprint density at radius 3 is 0.934 bits per heavy atom. The van der Waals surface area contributed by atoms with Crippen molar-refractivity contribution in [2.75, 3.05) is 0 Å². The van der Waals surface area contributed by atoms with Gasteiger partial charge >= 0.3 is 0 Å². The summed E-state index contributed by atoms with van der Waals surface area (Å²) in [4.78, 5) is 24.1. The first-order valence-corrected chi connectivity index (χ1v) is 24.9. The predicted molar refractivity (Wildman–Crippen MR) is 298 cm³/mol. The Balaban J connectivity index is 0.000000124. The van der Waals surface area contributed by atoms with Crippen molar-refractivity contribution in [2.24, 2.45) is 0 Å². The second-order valence-electron chi connectivity index (χ2n) is 18.8. The molecule has 18 aromatic rings. The summed E-state index contributed by atoms with van der Waals surface area (Å²) in [6, 6.07) is 62.8. The van der Waals surface area contributed by atoms with E-state index in [1.54, 1.807) is 0 Å². The molecule has 0 unspecified atom stereocenters. The van der Waals surface area contributed by atoms with Gasteiger partial charge in [0.25, 0.3) is 0 Å². The van der Waals surface area contributed by atoms with Crippen LogP contribution in [0.5, 0.6) is 0 Å². The lowest BCUT2D eigenvalue weighted by Crippen LogP contribution is -2.02. The highest BCUT2D eigenvalue weighted by Gasteiger charge is 2.26. The molecule has 0 radical (unpaired) electrons. The molecule has 0 aliphatic heterocycles. The number of pyridine rings is 5. The Hall–Kier alpha value is -10.8.